The van der Waals surface area contributed by atoms with Crippen molar-refractivity contribution in [3.63, 3.8) is 0 Å². The third kappa shape index (κ3) is 4.84. The fraction of sp³-hybridized carbons (Fsp3) is 0.500. The van der Waals surface area contributed by atoms with E-state index in [-0.39, 0.29) is 49.2 Å². The zero-order valence-corrected chi connectivity index (χ0v) is 22.3. The van der Waals surface area contributed by atoms with Gasteiger partial charge >= 0.3 is 6.72 Å². The summed E-state index contributed by atoms with van der Waals surface area (Å²) in [4.78, 5) is 41.7. The van der Waals surface area contributed by atoms with Gasteiger partial charge in [-0.3, -0.25) is 14.3 Å². The Morgan fingerprint density at radius 3 is 2.90 bits per heavy atom. The Morgan fingerprint density at radius 2 is 2.10 bits per heavy atom. The Morgan fingerprint density at radius 1 is 1.27 bits per heavy atom. The van der Waals surface area contributed by atoms with Crippen LogP contribution in [0.5, 0.6) is 0 Å². The fourth-order valence-corrected chi connectivity index (χ4v) is 6.31. The van der Waals surface area contributed by atoms with Crippen molar-refractivity contribution in [3.05, 3.63) is 34.9 Å². The first-order valence-corrected chi connectivity index (χ1v) is 14.6. The number of aliphatic hydroxyl groups is 2. The molecule has 0 saturated carbocycles. The van der Waals surface area contributed by atoms with Gasteiger partial charge in [-0.1, -0.05) is 0 Å². The smallest absolute Gasteiger partial charge is 0.325 e. The Hall–Kier alpha value is -3.13. The summed E-state index contributed by atoms with van der Waals surface area (Å²) in [6, 6.07) is 0. The first-order chi connectivity index (χ1) is 19.1. The van der Waals surface area contributed by atoms with E-state index in [1.807, 2.05) is 0 Å². The number of aromatic nitrogens is 8. The van der Waals surface area contributed by atoms with E-state index in [1.165, 1.54) is 27.9 Å². The van der Waals surface area contributed by atoms with Crippen LogP contribution in [0.25, 0.3) is 16.8 Å². The molecule has 6 heterocycles. The molecule has 0 amide bonds. The summed E-state index contributed by atoms with van der Waals surface area (Å²) < 4.78 is 25.8. The lowest BCUT2D eigenvalue weighted by molar-refractivity contribution is -0.0485. The number of nitrogens with one attached hydrogen (secondary N) is 1. The molecule has 4 aromatic heterocycles. The van der Waals surface area contributed by atoms with Gasteiger partial charge in [-0.2, -0.15) is 10.1 Å². The van der Waals surface area contributed by atoms with E-state index in [0.29, 0.717) is 11.3 Å². The molecule has 18 nitrogen and oxygen atoms in total. The van der Waals surface area contributed by atoms with E-state index in [2.05, 4.69) is 30.0 Å². The van der Waals surface area contributed by atoms with Crippen molar-refractivity contribution in [3.8, 4) is 0 Å². The van der Waals surface area contributed by atoms with Crippen molar-refractivity contribution in [2.75, 3.05) is 31.3 Å². The van der Waals surface area contributed by atoms with E-state index >= 15 is 0 Å². The third-order valence-corrected chi connectivity index (χ3v) is 8.35. The normalized spacial score (nSPS) is 28.5. The van der Waals surface area contributed by atoms with Crippen LogP contribution >= 0.6 is 6.72 Å². The highest BCUT2D eigenvalue weighted by molar-refractivity contribution is 8.07. The summed E-state index contributed by atoms with van der Waals surface area (Å²) in [7, 11) is 0. The number of aromatic amines is 1. The summed E-state index contributed by atoms with van der Waals surface area (Å²) in [6.45, 7) is -4.41. The first kappa shape index (κ1) is 27.1. The van der Waals surface area contributed by atoms with Crippen LogP contribution in [-0.2, 0) is 30.3 Å². The van der Waals surface area contributed by atoms with Crippen molar-refractivity contribution in [1.29, 1.82) is 0 Å². The second kappa shape index (κ2) is 10.4. The number of nitrogens with two attached hydrogens (primary N) is 2. The maximum absolute atomic E-state index is 12.2. The van der Waals surface area contributed by atoms with Crippen LogP contribution < -0.4 is 17.0 Å². The quantitative estimate of drug-likeness (QED) is 0.122. The van der Waals surface area contributed by atoms with Crippen LogP contribution in [0.15, 0.2) is 23.6 Å². The van der Waals surface area contributed by atoms with E-state index < -0.39 is 48.8 Å². The molecule has 214 valence electrons. The van der Waals surface area contributed by atoms with E-state index in [4.69, 9.17) is 41.8 Å². The van der Waals surface area contributed by atoms with Crippen LogP contribution in [0.3, 0.4) is 0 Å². The van der Waals surface area contributed by atoms with Crippen LogP contribution in [0, 0.1) is 0 Å². The lowest BCUT2D eigenvalue weighted by Gasteiger charge is -2.26. The molecule has 0 spiro atoms. The Balaban J connectivity index is 1.15. The number of nitrogens with zero attached hydrogens (tertiary/aromatic N) is 7. The van der Waals surface area contributed by atoms with Crippen molar-refractivity contribution >= 4 is 47.1 Å². The number of imidazole rings is 2. The Labute approximate surface area is 229 Å². The number of H-pyrrole nitrogens is 1. The van der Waals surface area contributed by atoms with Gasteiger partial charge in [0.25, 0.3) is 5.56 Å². The molecular weight excluding hydrogens is 571 g/mol. The highest BCUT2D eigenvalue weighted by Crippen LogP contribution is 2.50. The number of ether oxygens (including phenoxy) is 2. The van der Waals surface area contributed by atoms with Gasteiger partial charge in [0, 0.05) is 6.42 Å². The first-order valence-electron chi connectivity index (χ1n) is 12.0. The molecule has 4 aromatic rings. The molecule has 1 unspecified atom stereocenters. The van der Waals surface area contributed by atoms with E-state index in [0.717, 1.165) is 0 Å². The molecule has 0 aromatic carbocycles. The number of hydrogen-bond acceptors (Lipinski definition) is 15. The minimum absolute atomic E-state index is 0.0192. The second-order valence-electron chi connectivity index (χ2n) is 9.28. The van der Waals surface area contributed by atoms with Crippen LogP contribution in [0.2, 0.25) is 0 Å². The number of aliphatic hydroxyl groups excluding tert-OH is 2. The average Bonchev–Trinajstić information content (AvgIpc) is 3.68. The van der Waals surface area contributed by atoms with Crippen LogP contribution in [0.4, 0.5) is 11.8 Å². The van der Waals surface area contributed by atoms with Gasteiger partial charge in [-0.25, -0.2) is 19.5 Å². The Kier molecular flexibility index (Phi) is 7.01. The minimum atomic E-state index is -3.92. The zero-order valence-electron chi connectivity index (χ0n) is 20.5. The molecule has 0 radical (unpaired) electrons. The topological polar surface area (TPSA) is 256 Å². The predicted octanol–water partition coefficient (Wildman–Crippen LogP) is -1.84. The molecule has 20 heteroatoms. The minimum Gasteiger partial charge on any atom is -0.394 e. The number of rotatable bonds is 8. The van der Waals surface area contributed by atoms with Crippen molar-refractivity contribution in [2.24, 2.45) is 0 Å². The number of fused-ring (bicyclic) bond motifs is 2. The molecule has 6 rings (SSSR count). The van der Waals surface area contributed by atoms with Gasteiger partial charge in [0.05, 0.1) is 56.2 Å². The second-order valence-corrected chi connectivity index (χ2v) is 12.1. The van der Waals surface area contributed by atoms with Gasteiger partial charge in [0.1, 0.15) is 18.5 Å². The van der Waals surface area contributed by atoms with Crippen LogP contribution in [-0.4, -0.2) is 98.4 Å². The average molecular weight is 597 g/mol. The zero-order chi connectivity index (χ0) is 28.2. The van der Waals surface area contributed by atoms with E-state index in [9.17, 15) is 19.9 Å². The van der Waals surface area contributed by atoms with Crippen molar-refractivity contribution < 1.29 is 33.6 Å². The largest absolute Gasteiger partial charge is 0.394 e. The molecule has 7 atom stereocenters. The molecular formula is C20H25N10O8PS. The SMILES string of the molecule is Nc1nc2c(ncn2[C@@H]2O[C@H](CO)C[C@H]2OP(O)(=S)OC[C@H]2OC[C@@H](c3cnc4c(N)ncnn34)[C@@H]2O)c(=O)[nH]1. The molecule has 40 heavy (non-hydrogen) atoms. The van der Waals surface area contributed by atoms with Gasteiger partial charge in [-0.05, 0) is 11.8 Å². The Bertz CT molecular complexity index is 1660. The molecule has 2 aliphatic heterocycles. The molecule has 0 bridgehead atoms. The summed E-state index contributed by atoms with van der Waals surface area (Å²) in [5.74, 6) is -0.441. The molecule has 2 aliphatic rings. The molecule has 8 N–H and O–H groups in total. The highest BCUT2D eigenvalue weighted by Gasteiger charge is 2.43. The maximum Gasteiger partial charge on any atom is 0.325 e. The predicted molar refractivity (Wildman–Crippen MR) is 139 cm³/mol. The third-order valence-electron chi connectivity index (χ3n) is 6.76. The van der Waals surface area contributed by atoms with Gasteiger partial charge in [0.2, 0.25) is 5.95 Å². The van der Waals surface area contributed by atoms with Gasteiger partial charge in [0.15, 0.2) is 28.9 Å². The van der Waals surface area contributed by atoms with Gasteiger partial charge < -0.3 is 45.1 Å². The lowest BCUT2D eigenvalue weighted by atomic mass is 9.99. The standard InChI is InChI=1S/C20H25N10O8PS/c21-15-17-23-2-10(30(17)26-6-24-15)9-4-35-12(14(9)32)5-36-39(34,40)38-11-1-8(3-31)37-19(11)29-7-25-13-16(29)27-20(22)28-18(13)33/h2,6-9,11-12,14,19,31-32H,1,3-5H2,(H,34,40)(H2,21,24,26)(H3,22,27,28,33)/t8-,9-,11+,12+,14-,19+,39?/m0/s1. The summed E-state index contributed by atoms with van der Waals surface area (Å²) in [6.07, 6.45) is -0.132. The summed E-state index contributed by atoms with van der Waals surface area (Å²) in [5, 5.41) is 24.8. The molecule has 2 saturated heterocycles. The summed E-state index contributed by atoms with van der Waals surface area (Å²) in [5.41, 5.74) is 12.1. The number of nitrogen functional groups attached to an aromatic ring is 2. The fourth-order valence-electron chi connectivity index (χ4n) is 4.87. The van der Waals surface area contributed by atoms with Crippen molar-refractivity contribution in [2.45, 2.75) is 43.0 Å². The molecule has 0 aliphatic carbocycles. The number of anilines is 2. The van der Waals surface area contributed by atoms with E-state index in [1.54, 1.807) is 0 Å². The molecule has 2 fully saturated rings. The van der Waals surface area contributed by atoms with Crippen LogP contribution in [0.1, 0.15) is 24.3 Å². The van der Waals surface area contributed by atoms with Gasteiger partial charge in [-0.15, -0.1) is 0 Å². The van der Waals surface area contributed by atoms with Crippen molar-refractivity contribution in [1.82, 2.24) is 39.1 Å². The maximum atomic E-state index is 12.2. The number of hydrogen-bond donors (Lipinski definition) is 6. The highest BCUT2D eigenvalue weighted by atomic mass is 32.5. The lowest BCUT2D eigenvalue weighted by Crippen LogP contribution is -2.30. The summed E-state index contributed by atoms with van der Waals surface area (Å²) >= 11 is 5.24. The monoisotopic (exact) mass is 596 g/mol.